The number of esters is 1. The number of hydrogen-bond donors (Lipinski definition) is 1. The summed E-state index contributed by atoms with van der Waals surface area (Å²) in [6.07, 6.45) is 0. The van der Waals surface area contributed by atoms with E-state index in [1.165, 1.54) is 63.7 Å². The van der Waals surface area contributed by atoms with Gasteiger partial charge in [0, 0.05) is 19.8 Å². The SMILES string of the molecule is COC(=O)c1ccc(NC(=O)c2cc(S(=O)(=O)N(C)C)ccc2Cl)cc1. The second-order valence-electron chi connectivity index (χ2n) is 5.45. The molecule has 0 saturated carbocycles. The maximum absolute atomic E-state index is 12.5. The quantitative estimate of drug-likeness (QED) is 0.784. The number of ether oxygens (including phenoxy) is 1. The summed E-state index contributed by atoms with van der Waals surface area (Å²) in [5.41, 5.74) is 0.772. The number of benzene rings is 2. The molecule has 0 bridgehead atoms. The van der Waals surface area contributed by atoms with Crippen LogP contribution in [0.3, 0.4) is 0 Å². The first-order valence-electron chi connectivity index (χ1n) is 7.38. The molecule has 0 atom stereocenters. The molecule has 2 rings (SSSR count). The lowest BCUT2D eigenvalue weighted by atomic mass is 10.2. The number of rotatable bonds is 5. The molecule has 0 radical (unpaired) electrons. The van der Waals surface area contributed by atoms with Crippen molar-refractivity contribution in [1.82, 2.24) is 4.31 Å². The van der Waals surface area contributed by atoms with Gasteiger partial charge >= 0.3 is 5.97 Å². The minimum absolute atomic E-state index is 0.0200. The van der Waals surface area contributed by atoms with Crippen molar-refractivity contribution in [2.75, 3.05) is 26.5 Å². The molecule has 26 heavy (non-hydrogen) atoms. The zero-order valence-electron chi connectivity index (χ0n) is 14.3. The van der Waals surface area contributed by atoms with Gasteiger partial charge in [0.15, 0.2) is 0 Å². The molecule has 0 aliphatic rings. The first-order chi connectivity index (χ1) is 12.2. The number of sulfonamides is 1. The summed E-state index contributed by atoms with van der Waals surface area (Å²) < 4.78 is 30.1. The molecule has 9 heteroatoms. The maximum atomic E-state index is 12.5. The van der Waals surface area contributed by atoms with Gasteiger partial charge in [-0.3, -0.25) is 4.79 Å². The molecule has 0 aromatic heterocycles. The number of anilines is 1. The van der Waals surface area contributed by atoms with E-state index in [0.717, 1.165) is 4.31 Å². The molecular formula is C17H17ClN2O5S. The summed E-state index contributed by atoms with van der Waals surface area (Å²) in [6.45, 7) is 0. The summed E-state index contributed by atoms with van der Waals surface area (Å²) in [4.78, 5) is 23.8. The van der Waals surface area contributed by atoms with E-state index in [1.54, 1.807) is 0 Å². The zero-order valence-corrected chi connectivity index (χ0v) is 15.9. The molecule has 0 aliphatic carbocycles. The van der Waals surface area contributed by atoms with Gasteiger partial charge in [-0.05, 0) is 42.5 Å². The van der Waals surface area contributed by atoms with Crippen LogP contribution in [-0.4, -0.2) is 45.8 Å². The Balaban J connectivity index is 2.28. The van der Waals surface area contributed by atoms with E-state index in [9.17, 15) is 18.0 Å². The predicted molar refractivity (Wildman–Crippen MR) is 98.1 cm³/mol. The average molecular weight is 397 g/mol. The lowest BCUT2D eigenvalue weighted by molar-refractivity contribution is 0.0600. The second-order valence-corrected chi connectivity index (χ2v) is 8.01. The van der Waals surface area contributed by atoms with E-state index in [2.05, 4.69) is 10.1 Å². The topological polar surface area (TPSA) is 92.8 Å². The van der Waals surface area contributed by atoms with E-state index in [-0.39, 0.29) is 15.5 Å². The third-order valence-electron chi connectivity index (χ3n) is 3.52. The lowest BCUT2D eigenvalue weighted by Gasteiger charge is -2.13. The molecule has 0 aliphatic heterocycles. The molecule has 7 nitrogen and oxygen atoms in total. The Morgan fingerprint density at radius 3 is 2.23 bits per heavy atom. The molecule has 2 aromatic carbocycles. The van der Waals surface area contributed by atoms with Crippen molar-refractivity contribution in [2.45, 2.75) is 4.90 Å². The van der Waals surface area contributed by atoms with Crippen molar-refractivity contribution in [1.29, 1.82) is 0 Å². The molecule has 138 valence electrons. The Kier molecular flexibility index (Phi) is 6.01. The maximum Gasteiger partial charge on any atom is 0.337 e. The van der Waals surface area contributed by atoms with Crippen molar-refractivity contribution < 1.29 is 22.7 Å². The largest absolute Gasteiger partial charge is 0.465 e. The van der Waals surface area contributed by atoms with Gasteiger partial charge in [0.2, 0.25) is 10.0 Å². The highest BCUT2D eigenvalue weighted by molar-refractivity contribution is 7.89. The van der Waals surface area contributed by atoms with E-state index in [4.69, 9.17) is 11.6 Å². The summed E-state index contributed by atoms with van der Waals surface area (Å²) in [7, 11) is 0.366. The number of carbonyl (C=O) groups is 2. The van der Waals surface area contributed by atoms with Gasteiger partial charge in [-0.25, -0.2) is 17.5 Å². The minimum atomic E-state index is -3.70. The Morgan fingerprint density at radius 1 is 1.08 bits per heavy atom. The fourth-order valence-corrected chi connectivity index (χ4v) is 3.19. The van der Waals surface area contributed by atoms with Crippen LogP contribution in [0.2, 0.25) is 5.02 Å². The van der Waals surface area contributed by atoms with E-state index in [1.807, 2.05) is 0 Å². The smallest absolute Gasteiger partial charge is 0.337 e. The number of hydrogen-bond acceptors (Lipinski definition) is 5. The minimum Gasteiger partial charge on any atom is -0.465 e. The Bertz CT molecular complexity index is 940. The van der Waals surface area contributed by atoms with E-state index < -0.39 is 21.9 Å². The molecule has 0 unspecified atom stereocenters. The van der Waals surface area contributed by atoms with Crippen LogP contribution in [0.4, 0.5) is 5.69 Å². The van der Waals surface area contributed by atoms with Crippen molar-refractivity contribution in [2.24, 2.45) is 0 Å². The summed E-state index contributed by atoms with van der Waals surface area (Å²) in [5, 5.41) is 2.72. The van der Waals surface area contributed by atoms with Crippen LogP contribution in [0, 0.1) is 0 Å². The van der Waals surface area contributed by atoms with Crippen LogP contribution in [0.15, 0.2) is 47.4 Å². The van der Waals surface area contributed by atoms with Crippen LogP contribution < -0.4 is 5.32 Å². The molecule has 2 aromatic rings. The fourth-order valence-electron chi connectivity index (χ4n) is 2.06. The van der Waals surface area contributed by atoms with Crippen molar-refractivity contribution >= 4 is 39.2 Å². The van der Waals surface area contributed by atoms with Crippen LogP contribution in [-0.2, 0) is 14.8 Å². The van der Waals surface area contributed by atoms with Crippen LogP contribution >= 0.6 is 11.6 Å². The molecule has 1 N–H and O–H groups in total. The number of amides is 1. The summed E-state index contributed by atoms with van der Waals surface area (Å²) in [5.74, 6) is -1.07. The first kappa shape index (κ1) is 19.9. The fraction of sp³-hybridized carbons (Fsp3) is 0.176. The number of carbonyl (C=O) groups excluding carboxylic acids is 2. The molecule has 0 heterocycles. The van der Waals surface area contributed by atoms with Gasteiger partial charge in [-0.2, -0.15) is 0 Å². The number of halogens is 1. The highest BCUT2D eigenvalue weighted by Gasteiger charge is 2.21. The third kappa shape index (κ3) is 4.21. The van der Waals surface area contributed by atoms with Crippen LogP contribution in [0.5, 0.6) is 0 Å². The van der Waals surface area contributed by atoms with Crippen molar-refractivity contribution in [3.05, 3.63) is 58.6 Å². The summed E-state index contributed by atoms with van der Waals surface area (Å²) in [6, 6.07) is 9.95. The first-order valence-corrected chi connectivity index (χ1v) is 9.20. The van der Waals surface area contributed by atoms with Gasteiger partial charge < -0.3 is 10.1 Å². The van der Waals surface area contributed by atoms with E-state index >= 15 is 0 Å². The van der Waals surface area contributed by atoms with Gasteiger partial charge in [0.25, 0.3) is 5.91 Å². The Morgan fingerprint density at radius 2 is 1.69 bits per heavy atom. The zero-order chi connectivity index (χ0) is 19.5. The number of methoxy groups -OCH3 is 1. The highest BCUT2D eigenvalue weighted by atomic mass is 35.5. The third-order valence-corrected chi connectivity index (χ3v) is 5.67. The van der Waals surface area contributed by atoms with Crippen LogP contribution in [0.1, 0.15) is 20.7 Å². The van der Waals surface area contributed by atoms with Crippen molar-refractivity contribution in [3.63, 3.8) is 0 Å². The predicted octanol–water partition coefficient (Wildman–Crippen LogP) is 2.63. The monoisotopic (exact) mass is 396 g/mol. The molecular weight excluding hydrogens is 380 g/mol. The molecule has 0 saturated heterocycles. The standard InChI is InChI=1S/C17H17ClN2O5S/c1-20(2)26(23,24)13-8-9-15(18)14(10-13)16(21)19-12-6-4-11(5-7-12)17(22)25-3/h4-10H,1-3H3,(H,19,21). The van der Waals surface area contributed by atoms with Gasteiger partial charge in [0.05, 0.1) is 28.2 Å². The van der Waals surface area contributed by atoms with Gasteiger partial charge in [-0.1, -0.05) is 11.6 Å². The normalized spacial score (nSPS) is 11.3. The van der Waals surface area contributed by atoms with Gasteiger partial charge in [0.1, 0.15) is 0 Å². The van der Waals surface area contributed by atoms with E-state index in [0.29, 0.717) is 11.3 Å². The van der Waals surface area contributed by atoms with Crippen molar-refractivity contribution in [3.8, 4) is 0 Å². The molecule has 0 spiro atoms. The lowest BCUT2D eigenvalue weighted by Crippen LogP contribution is -2.23. The second kappa shape index (κ2) is 7.86. The number of nitrogens with one attached hydrogen (secondary N) is 1. The Labute approximate surface area is 156 Å². The summed E-state index contributed by atoms with van der Waals surface area (Å²) >= 11 is 6.04. The molecule has 1 amide bonds. The highest BCUT2D eigenvalue weighted by Crippen LogP contribution is 2.23. The van der Waals surface area contributed by atoms with Gasteiger partial charge in [-0.15, -0.1) is 0 Å². The average Bonchev–Trinajstić information content (AvgIpc) is 2.61. The number of nitrogens with zero attached hydrogens (tertiary/aromatic N) is 1. The molecule has 0 fully saturated rings. The van der Waals surface area contributed by atoms with Crippen LogP contribution in [0.25, 0.3) is 0 Å². The Hall–Kier alpha value is -2.42.